The number of nitro benzene ring substituents is 2. The Labute approximate surface area is 530 Å². The molecule has 25 nitrogen and oxygen atoms in total. The fraction of sp³-hybridized carbons (Fsp3) is 0.500. The van der Waals surface area contributed by atoms with E-state index in [1.54, 1.807) is 33.8 Å². The summed E-state index contributed by atoms with van der Waals surface area (Å²) in [5, 5.41) is 97.0. The van der Waals surface area contributed by atoms with Crippen LogP contribution in [0.1, 0.15) is 117 Å². The number of primary amides is 1. The number of benzene rings is 4. The van der Waals surface area contributed by atoms with Crippen LogP contribution in [0.5, 0.6) is 0 Å². The number of epoxide rings is 1. The predicted octanol–water partition coefficient (Wildman–Crippen LogP) is 12.1. The van der Waals surface area contributed by atoms with E-state index in [2.05, 4.69) is 0 Å². The molecule has 0 bridgehead atoms. The molecule has 10 rings (SSSR count). The number of para-hydroxylation sites is 2. The number of carboxylic acids is 1. The predicted molar refractivity (Wildman–Crippen MR) is 341 cm³/mol. The van der Waals surface area contributed by atoms with Crippen LogP contribution < -0.4 is 15.9 Å². The molecule has 6 aliphatic heterocycles. The average Bonchev–Trinajstić information content (AvgIpc) is 1.77. The highest BCUT2D eigenvalue weighted by Crippen LogP contribution is 2.45. The third-order valence-electron chi connectivity index (χ3n) is 16.1. The average molecular weight is 1270 g/mol. The van der Waals surface area contributed by atoms with E-state index < -0.39 is 60.9 Å². The molecule has 6 aliphatic rings. The molecule has 1 amide bonds. The Balaban J connectivity index is 0.000000198. The van der Waals surface area contributed by atoms with Crippen molar-refractivity contribution >= 4 is 57.8 Å². The van der Waals surface area contributed by atoms with Crippen molar-refractivity contribution in [1.82, 2.24) is 20.3 Å². The van der Waals surface area contributed by atoms with E-state index >= 15 is 0 Å². The van der Waals surface area contributed by atoms with Crippen LogP contribution in [-0.4, -0.2) is 160 Å². The van der Waals surface area contributed by atoms with Crippen molar-refractivity contribution in [2.75, 3.05) is 35.7 Å². The number of hydroxylamine groups is 8. The Morgan fingerprint density at radius 3 is 1.17 bits per heavy atom. The number of carbonyl (C=O) groups is 2. The van der Waals surface area contributed by atoms with E-state index in [9.17, 15) is 61.1 Å². The van der Waals surface area contributed by atoms with Gasteiger partial charge in [-0.1, -0.05) is 42.5 Å². The van der Waals surface area contributed by atoms with Crippen LogP contribution in [0.2, 0.25) is 0 Å². The number of nitro groups is 2. The molecule has 494 valence electrons. The number of carbonyl (C=O) groups excluding carboxylic acids is 1. The Morgan fingerprint density at radius 2 is 0.922 bits per heavy atom. The first-order valence-electron chi connectivity index (χ1n) is 29.2. The molecule has 4 aromatic rings. The van der Waals surface area contributed by atoms with Crippen molar-refractivity contribution < 1.29 is 70.0 Å². The highest BCUT2D eigenvalue weighted by atomic mass is 32.2. The second-order valence-corrected chi connectivity index (χ2v) is 28.1. The molecule has 3 atom stereocenters. The van der Waals surface area contributed by atoms with Gasteiger partial charge in [0.25, 0.3) is 11.4 Å². The largest absolute Gasteiger partial charge is 0.495 e. The first-order chi connectivity index (χ1) is 41.4. The molecule has 3 unspecified atom stereocenters. The molecular weight excluding hydrogens is 1180 g/mol. The van der Waals surface area contributed by atoms with Gasteiger partial charge in [0.1, 0.15) is 30.8 Å². The Morgan fingerprint density at radius 1 is 0.578 bits per heavy atom. The number of hydrogen-bond donors (Lipinski definition) is 8. The minimum absolute atomic E-state index is 0.0918. The van der Waals surface area contributed by atoms with Gasteiger partial charge >= 0.3 is 5.97 Å². The van der Waals surface area contributed by atoms with E-state index in [-0.39, 0.29) is 28.6 Å². The summed E-state index contributed by atoms with van der Waals surface area (Å²) in [5.74, 6) is 1.10. The topological polar surface area (TPSA) is 338 Å². The molecule has 0 spiro atoms. The second-order valence-electron chi connectivity index (χ2n) is 26.8. The summed E-state index contributed by atoms with van der Waals surface area (Å²) in [7, 11) is 0. The fourth-order valence-corrected chi connectivity index (χ4v) is 11.1. The van der Waals surface area contributed by atoms with Crippen LogP contribution in [0.25, 0.3) is 0 Å². The van der Waals surface area contributed by atoms with Crippen molar-refractivity contribution in [3.8, 4) is 0 Å². The van der Waals surface area contributed by atoms with Crippen LogP contribution in [0.3, 0.4) is 0 Å². The third-order valence-corrected chi connectivity index (χ3v) is 17.0. The summed E-state index contributed by atoms with van der Waals surface area (Å²) in [6, 6.07) is 29.3. The van der Waals surface area contributed by atoms with Crippen molar-refractivity contribution in [2.45, 2.75) is 173 Å². The number of nitrogens with zero attached hydrogens (tertiary/aromatic N) is 8. The van der Waals surface area contributed by atoms with Gasteiger partial charge in [-0.3, -0.25) is 40.2 Å². The summed E-state index contributed by atoms with van der Waals surface area (Å²) in [6.07, 6.45) is 6.41. The minimum atomic E-state index is -0.838. The maximum atomic E-state index is 11.1. The lowest BCUT2D eigenvalue weighted by Gasteiger charge is -2.35. The van der Waals surface area contributed by atoms with Gasteiger partial charge in [0.2, 0.25) is 5.91 Å². The Bertz CT molecular complexity index is 3050. The molecule has 90 heavy (non-hydrogen) atoms. The van der Waals surface area contributed by atoms with Gasteiger partial charge in [0, 0.05) is 46.4 Å². The van der Waals surface area contributed by atoms with Crippen LogP contribution in [0.15, 0.2) is 145 Å². The van der Waals surface area contributed by atoms with Gasteiger partial charge in [-0.15, -0.1) is 0 Å². The van der Waals surface area contributed by atoms with E-state index in [0.717, 1.165) is 46.2 Å². The number of hydrogen-bond acceptors (Lipinski definition) is 22. The van der Waals surface area contributed by atoms with E-state index in [1.165, 1.54) is 74.5 Å². The number of carboxylic acid groups (broad SMARTS) is 1. The molecular formula is C64H91N9O16S. The number of amides is 1. The van der Waals surface area contributed by atoms with Gasteiger partial charge in [0.15, 0.2) is 0 Å². The molecule has 0 saturated carbocycles. The van der Waals surface area contributed by atoms with E-state index in [1.807, 2.05) is 168 Å². The van der Waals surface area contributed by atoms with Gasteiger partial charge in [-0.2, -0.15) is 32.0 Å². The summed E-state index contributed by atoms with van der Waals surface area (Å²) in [4.78, 5) is 41.9. The second kappa shape index (κ2) is 28.6. The zero-order valence-electron chi connectivity index (χ0n) is 54.3. The summed E-state index contributed by atoms with van der Waals surface area (Å²) in [6.45, 7) is 32.2. The molecule has 4 aromatic carbocycles. The number of thioether (sulfide) groups is 1. The number of non-ortho nitro benzene ring substituents is 2. The zero-order valence-corrected chi connectivity index (χ0v) is 55.1. The Kier molecular flexibility index (Phi) is 23.4. The monoisotopic (exact) mass is 1270 g/mol. The first kappa shape index (κ1) is 73.7. The van der Waals surface area contributed by atoms with Crippen LogP contribution in [-0.2, 0) is 23.8 Å². The highest BCUT2D eigenvalue weighted by Gasteiger charge is 2.55. The summed E-state index contributed by atoms with van der Waals surface area (Å²) in [5.41, 5.74) is 3.68. The fourth-order valence-electron chi connectivity index (χ4n) is 10.7. The highest BCUT2D eigenvalue weighted by molar-refractivity contribution is 8.06. The molecule has 0 radical (unpaired) electrons. The normalized spacial score (nSPS) is 23.0. The standard InChI is InChI=1S/C12H9N3O5.C12H11NO.C11H19NO3.C11H19NO2S.C9H16N2O2.C9H17NO3/c16-13(9-1-5-11(6-2-9)14(17)18)10-3-7-12(8-4-10)15(19)20;14-13(11-7-3-1-4-8-11)12-9-5-2-6-10-12;1-10(2)5-9(11(3,4)12(10)13)15-7-8-6-14-8;1-10(2)5-9(11(3,4)12(10)13)14-6-8-7-15-8;1-8(2)5-6(7(10)12)9(3,4)11(8)13;1-8(2)5-6(7(11)12)9(3,4)10(8)13/h1-8,16H;1-10,14H;2*5,8,13H,6-7H2,1-4H3;5,13H,1-4H3,(H2,10,12);6,13H,5H2,1-4H3,(H,11,12). The van der Waals surface area contributed by atoms with Gasteiger partial charge in [0.05, 0.1) is 83.9 Å². The quantitative estimate of drug-likeness (QED) is 0.0330. The van der Waals surface area contributed by atoms with Crippen LogP contribution in [0, 0.1) is 26.1 Å². The first-order valence-corrected chi connectivity index (χ1v) is 30.2. The lowest BCUT2D eigenvalue weighted by atomic mass is 9.87. The summed E-state index contributed by atoms with van der Waals surface area (Å²) < 4.78 is 16.6. The summed E-state index contributed by atoms with van der Waals surface area (Å²) >= 11 is 1.92. The maximum Gasteiger partial charge on any atom is 0.308 e. The van der Waals surface area contributed by atoms with Crippen molar-refractivity contribution in [2.24, 2.45) is 11.7 Å². The lowest BCUT2D eigenvalue weighted by Crippen LogP contribution is -2.49. The number of rotatable bonds is 14. The van der Waals surface area contributed by atoms with Crippen molar-refractivity contribution in [3.63, 3.8) is 0 Å². The van der Waals surface area contributed by atoms with Crippen LogP contribution in [0.4, 0.5) is 34.1 Å². The molecule has 0 aromatic heterocycles. The van der Waals surface area contributed by atoms with E-state index in [4.69, 9.17) is 25.1 Å². The number of aliphatic carboxylic acids is 1. The number of nitrogens with two attached hydrogens (primary N) is 1. The molecule has 0 aliphatic carbocycles. The van der Waals surface area contributed by atoms with Gasteiger partial charge in [-0.25, -0.2) is 10.1 Å². The van der Waals surface area contributed by atoms with Crippen molar-refractivity contribution in [1.29, 1.82) is 0 Å². The molecule has 3 fully saturated rings. The molecule has 3 saturated heterocycles. The van der Waals surface area contributed by atoms with Crippen molar-refractivity contribution in [3.05, 3.63) is 165 Å². The molecule has 6 heterocycles. The number of anilines is 4. The zero-order chi connectivity index (χ0) is 67.9. The minimum Gasteiger partial charge on any atom is -0.495 e. The molecule has 26 heteroatoms. The van der Waals surface area contributed by atoms with Gasteiger partial charge in [-0.05, 0) is 178 Å². The van der Waals surface area contributed by atoms with Gasteiger partial charge < -0.3 is 45.9 Å². The third kappa shape index (κ3) is 18.1. The number of ether oxygens (including phenoxy) is 3. The molecule has 9 N–H and O–H groups in total. The van der Waals surface area contributed by atoms with E-state index in [0.29, 0.717) is 35.2 Å². The SMILES string of the molecule is CC1(C)C=C(C(N)=O)C(C)(C)N1O.CC1(C)C=C(OCC2CO2)C(C)(C)N1O.CC1(C)C=C(OCC2CS2)C(C)(C)N1O.CC1(C)CC(C(=O)O)C(C)(C)N1O.O=[N+]([O-])c1ccc(N(O)c2ccc([N+](=O)[O-])cc2)cc1.ON(c1ccccc1)c1ccccc1. The lowest BCUT2D eigenvalue weighted by molar-refractivity contribution is -0.385. The smallest absolute Gasteiger partial charge is 0.308 e. The van der Waals surface area contributed by atoms with Crippen LogP contribution >= 0.6 is 11.8 Å². The Hall–Kier alpha value is -7.05. The maximum absolute atomic E-state index is 11.1.